The zero-order valence-corrected chi connectivity index (χ0v) is 12.1. The van der Waals surface area contributed by atoms with E-state index >= 15 is 0 Å². The molecule has 1 N–H and O–H groups in total. The second-order valence-electron chi connectivity index (χ2n) is 5.67. The van der Waals surface area contributed by atoms with E-state index in [0.717, 1.165) is 26.2 Å². The molecule has 2 unspecified atom stereocenters. The Bertz CT molecular complexity index is 560. The summed E-state index contributed by atoms with van der Waals surface area (Å²) in [7, 11) is 0. The Labute approximate surface area is 121 Å². The fourth-order valence-corrected chi connectivity index (χ4v) is 3.16. The van der Waals surface area contributed by atoms with Gasteiger partial charge in [0.15, 0.2) is 0 Å². The van der Waals surface area contributed by atoms with Crippen molar-refractivity contribution in [1.82, 2.24) is 5.32 Å². The van der Waals surface area contributed by atoms with Gasteiger partial charge in [-0.1, -0.05) is 49.4 Å². The quantitative estimate of drug-likeness (QED) is 0.898. The van der Waals surface area contributed by atoms with Crippen molar-refractivity contribution in [3.63, 3.8) is 0 Å². The Hall–Kier alpha value is -1.38. The molecule has 2 atom stereocenters. The van der Waals surface area contributed by atoms with E-state index in [2.05, 4.69) is 54.7 Å². The van der Waals surface area contributed by atoms with Crippen LogP contribution in [0.15, 0.2) is 42.5 Å². The van der Waals surface area contributed by atoms with E-state index in [1.165, 1.54) is 22.8 Å². The lowest BCUT2D eigenvalue weighted by Gasteiger charge is -2.23. The molecule has 0 aromatic heterocycles. The van der Waals surface area contributed by atoms with E-state index in [4.69, 9.17) is 4.74 Å². The van der Waals surface area contributed by atoms with Gasteiger partial charge in [-0.05, 0) is 35.7 Å². The third kappa shape index (κ3) is 3.02. The highest BCUT2D eigenvalue weighted by molar-refractivity contribution is 5.82. The summed E-state index contributed by atoms with van der Waals surface area (Å²) in [5.74, 6) is 0.654. The third-order valence-electron chi connectivity index (χ3n) is 4.27. The summed E-state index contributed by atoms with van der Waals surface area (Å²) in [5, 5.41) is 6.30. The van der Waals surface area contributed by atoms with Gasteiger partial charge in [0.1, 0.15) is 0 Å². The largest absolute Gasteiger partial charge is 0.381 e. The van der Waals surface area contributed by atoms with Gasteiger partial charge in [-0.15, -0.1) is 0 Å². The molecular weight excluding hydrogens is 246 g/mol. The van der Waals surface area contributed by atoms with E-state index in [-0.39, 0.29) is 0 Å². The highest BCUT2D eigenvalue weighted by Gasteiger charge is 2.25. The number of fused-ring (bicyclic) bond motifs is 1. The van der Waals surface area contributed by atoms with Crippen molar-refractivity contribution < 1.29 is 4.74 Å². The predicted molar refractivity (Wildman–Crippen MR) is 84.0 cm³/mol. The summed E-state index contributed by atoms with van der Waals surface area (Å²) in [6.45, 7) is 5.04. The van der Waals surface area contributed by atoms with E-state index in [1.54, 1.807) is 0 Å². The van der Waals surface area contributed by atoms with Crippen molar-refractivity contribution in [2.24, 2.45) is 5.92 Å². The second-order valence-corrected chi connectivity index (χ2v) is 5.67. The minimum absolute atomic E-state index is 0.531. The predicted octanol–water partition coefficient (Wildman–Crippen LogP) is 3.40. The van der Waals surface area contributed by atoms with Gasteiger partial charge >= 0.3 is 0 Å². The summed E-state index contributed by atoms with van der Waals surface area (Å²) >= 11 is 0. The van der Waals surface area contributed by atoms with Crippen LogP contribution >= 0.6 is 0 Å². The van der Waals surface area contributed by atoms with Crippen molar-refractivity contribution in [1.29, 1.82) is 0 Å². The van der Waals surface area contributed by atoms with Gasteiger partial charge < -0.3 is 10.1 Å². The van der Waals surface area contributed by atoms with Gasteiger partial charge in [-0.3, -0.25) is 0 Å². The standard InChI is InChI=1S/C18H23NO/c1-2-19-18(17-9-10-20-13-17)12-14-7-8-15-5-3-4-6-16(15)11-14/h3-8,11,17-19H,2,9-10,12-13H2,1H3. The summed E-state index contributed by atoms with van der Waals surface area (Å²) < 4.78 is 5.55. The molecule has 2 heteroatoms. The minimum atomic E-state index is 0.531. The summed E-state index contributed by atoms with van der Waals surface area (Å²) in [6, 6.07) is 15.9. The molecule has 0 spiro atoms. The number of hydrogen-bond acceptors (Lipinski definition) is 2. The SMILES string of the molecule is CCNC(Cc1ccc2ccccc2c1)C1CCOC1. The van der Waals surface area contributed by atoms with Crippen molar-refractivity contribution in [3.8, 4) is 0 Å². The molecule has 1 heterocycles. The highest BCUT2D eigenvalue weighted by Crippen LogP contribution is 2.22. The molecule has 2 nitrogen and oxygen atoms in total. The van der Waals surface area contributed by atoms with Gasteiger partial charge in [0, 0.05) is 18.6 Å². The molecule has 0 amide bonds. The first-order valence-corrected chi connectivity index (χ1v) is 7.65. The average Bonchev–Trinajstić information content (AvgIpc) is 3.01. The fraction of sp³-hybridized carbons (Fsp3) is 0.444. The zero-order chi connectivity index (χ0) is 13.8. The van der Waals surface area contributed by atoms with E-state index < -0.39 is 0 Å². The first-order valence-electron chi connectivity index (χ1n) is 7.65. The minimum Gasteiger partial charge on any atom is -0.381 e. The first kappa shape index (κ1) is 13.6. The van der Waals surface area contributed by atoms with Gasteiger partial charge in [-0.25, -0.2) is 0 Å². The van der Waals surface area contributed by atoms with Gasteiger partial charge in [0.25, 0.3) is 0 Å². The number of likely N-dealkylation sites (N-methyl/N-ethyl adjacent to an activating group) is 1. The zero-order valence-electron chi connectivity index (χ0n) is 12.1. The van der Waals surface area contributed by atoms with Crippen LogP contribution in [0.5, 0.6) is 0 Å². The molecule has 3 rings (SSSR count). The highest BCUT2D eigenvalue weighted by atomic mass is 16.5. The number of ether oxygens (including phenoxy) is 1. The monoisotopic (exact) mass is 269 g/mol. The van der Waals surface area contributed by atoms with Crippen LogP contribution in [0.4, 0.5) is 0 Å². The van der Waals surface area contributed by atoms with Crippen LogP contribution in [0.1, 0.15) is 18.9 Å². The first-order chi connectivity index (χ1) is 9.86. The molecule has 0 saturated carbocycles. The molecule has 1 aliphatic rings. The molecule has 0 radical (unpaired) electrons. The van der Waals surface area contributed by atoms with E-state index in [0.29, 0.717) is 12.0 Å². The van der Waals surface area contributed by atoms with Crippen LogP contribution in [0.25, 0.3) is 10.8 Å². The number of benzene rings is 2. The molecule has 1 fully saturated rings. The molecule has 2 aromatic rings. The second kappa shape index (κ2) is 6.38. The van der Waals surface area contributed by atoms with Crippen LogP contribution in [-0.4, -0.2) is 25.8 Å². The van der Waals surface area contributed by atoms with Crippen LogP contribution < -0.4 is 5.32 Å². The topological polar surface area (TPSA) is 21.3 Å². The molecule has 0 bridgehead atoms. The Morgan fingerprint density at radius 2 is 2.05 bits per heavy atom. The maximum absolute atomic E-state index is 5.55. The maximum Gasteiger partial charge on any atom is 0.0510 e. The van der Waals surface area contributed by atoms with Crippen molar-refractivity contribution in [2.75, 3.05) is 19.8 Å². The Morgan fingerprint density at radius 3 is 2.80 bits per heavy atom. The summed E-state index contributed by atoms with van der Waals surface area (Å²) in [6.07, 6.45) is 2.28. The fourth-order valence-electron chi connectivity index (χ4n) is 3.16. The Kier molecular flexibility index (Phi) is 4.34. The molecule has 106 valence electrons. The van der Waals surface area contributed by atoms with E-state index in [1.807, 2.05) is 0 Å². The van der Waals surface area contributed by atoms with Crippen LogP contribution in [0, 0.1) is 5.92 Å². The van der Waals surface area contributed by atoms with Crippen LogP contribution in [-0.2, 0) is 11.2 Å². The molecule has 0 aliphatic carbocycles. The van der Waals surface area contributed by atoms with Crippen LogP contribution in [0.2, 0.25) is 0 Å². The van der Waals surface area contributed by atoms with Gasteiger partial charge in [0.05, 0.1) is 6.61 Å². The lowest BCUT2D eigenvalue weighted by molar-refractivity contribution is 0.176. The summed E-state index contributed by atoms with van der Waals surface area (Å²) in [4.78, 5) is 0. The average molecular weight is 269 g/mol. The molecular formula is C18H23NO. The van der Waals surface area contributed by atoms with Gasteiger partial charge in [-0.2, -0.15) is 0 Å². The van der Waals surface area contributed by atoms with Crippen molar-refractivity contribution >= 4 is 10.8 Å². The number of rotatable bonds is 5. The smallest absolute Gasteiger partial charge is 0.0510 e. The molecule has 20 heavy (non-hydrogen) atoms. The normalized spacial score (nSPS) is 20.4. The Morgan fingerprint density at radius 1 is 1.20 bits per heavy atom. The van der Waals surface area contributed by atoms with Crippen molar-refractivity contribution in [3.05, 3.63) is 48.0 Å². The maximum atomic E-state index is 5.55. The number of hydrogen-bond donors (Lipinski definition) is 1. The van der Waals surface area contributed by atoms with Gasteiger partial charge in [0.2, 0.25) is 0 Å². The third-order valence-corrected chi connectivity index (χ3v) is 4.27. The van der Waals surface area contributed by atoms with Crippen LogP contribution in [0.3, 0.4) is 0 Å². The lowest BCUT2D eigenvalue weighted by Crippen LogP contribution is -2.38. The lowest BCUT2D eigenvalue weighted by atomic mass is 9.92. The number of nitrogens with one attached hydrogen (secondary N) is 1. The Balaban J connectivity index is 1.78. The molecule has 2 aromatic carbocycles. The van der Waals surface area contributed by atoms with Crippen molar-refractivity contribution in [2.45, 2.75) is 25.8 Å². The van der Waals surface area contributed by atoms with E-state index in [9.17, 15) is 0 Å². The molecule has 1 aliphatic heterocycles. The summed E-state index contributed by atoms with van der Waals surface area (Å²) in [5.41, 5.74) is 1.42. The molecule has 1 saturated heterocycles.